The van der Waals surface area contributed by atoms with Crippen LogP contribution in [-0.4, -0.2) is 27.2 Å². The molecule has 1 heterocycles. The minimum Gasteiger partial charge on any atom is -0.505 e. The van der Waals surface area contributed by atoms with Crippen LogP contribution in [0.4, 0.5) is 0 Å². The van der Waals surface area contributed by atoms with Crippen LogP contribution < -0.4 is 4.74 Å². The van der Waals surface area contributed by atoms with Crippen LogP contribution in [0, 0.1) is 6.92 Å². The van der Waals surface area contributed by atoms with Crippen molar-refractivity contribution < 1.29 is 9.84 Å². The molecule has 1 N–H and O–H groups in total. The summed E-state index contributed by atoms with van der Waals surface area (Å²) in [7, 11) is 1.62. The number of aromatic hydroxyl groups is 1. The number of ether oxygens (including phenoxy) is 1. The number of phenols is 1. The van der Waals surface area contributed by atoms with Crippen LogP contribution in [0.15, 0.2) is 30.3 Å². The second-order valence-electron chi connectivity index (χ2n) is 6.77. The number of hydrogen-bond donors (Lipinski definition) is 1. The van der Waals surface area contributed by atoms with Crippen LogP contribution in [0.25, 0.3) is 16.7 Å². The Hall–Kier alpha value is -2.56. The Bertz CT molecular complexity index is 876. The maximum absolute atomic E-state index is 10.7. The van der Waals surface area contributed by atoms with Gasteiger partial charge in [-0.05, 0) is 36.1 Å². The van der Waals surface area contributed by atoms with Gasteiger partial charge in [0, 0.05) is 11.6 Å². The highest BCUT2D eigenvalue weighted by Gasteiger charge is 2.22. The van der Waals surface area contributed by atoms with Crippen molar-refractivity contribution in [2.45, 2.75) is 33.1 Å². The van der Waals surface area contributed by atoms with Gasteiger partial charge in [-0.1, -0.05) is 26.8 Å². The van der Waals surface area contributed by atoms with E-state index in [1.807, 2.05) is 37.3 Å². The van der Waals surface area contributed by atoms with Crippen molar-refractivity contribution in [3.8, 4) is 17.2 Å². The molecule has 1 aromatic heterocycles. The summed E-state index contributed by atoms with van der Waals surface area (Å²) in [5.74, 6) is 0.948. The van der Waals surface area contributed by atoms with E-state index in [-0.39, 0.29) is 11.2 Å². The summed E-state index contributed by atoms with van der Waals surface area (Å²) in [5, 5.41) is 19.7. The molecular formula is C18H21N3O2. The molecule has 0 aliphatic rings. The van der Waals surface area contributed by atoms with Crippen molar-refractivity contribution >= 4 is 11.0 Å². The summed E-state index contributed by atoms with van der Waals surface area (Å²) < 4.78 is 5.22. The molecule has 3 aromatic rings. The fourth-order valence-corrected chi connectivity index (χ4v) is 2.61. The van der Waals surface area contributed by atoms with Gasteiger partial charge in [0.25, 0.3) is 0 Å². The third-order valence-corrected chi connectivity index (χ3v) is 3.85. The van der Waals surface area contributed by atoms with E-state index < -0.39 is 0 Å². The van der Waals surface area contributed by atoms with Crippen molar-refractivity contribution in [2.75, 3.05) is 7.11 Å². The van der Waals surface area contributed by atoms with Crippen LogP contribution in [0.1, 0.15) is 31.9 Å². The Morgan fingerprint density at radius 3 is 2.39 bits per heavy atom. The molecule has 0 fully saturated rings. The fourth-order valence-electron chi connectivity index (χ4n) is 2.61. The zero-order chi connectivity index (χ0) is 16.8. The quantitative estimate of drug-likeness (QED) is 0.783. The third-order valence-electron chi connectivity index (χ3n) is 3.85. The first-order valence-electron chi connectivity index (χ1n) is 7.55. The van der Waals surface area contributed by atoms with Gasteiger partial charge in [0.1, 0.15) is 28.2 Å². The largest absolute Gasteiger partial charge is 0.505 e. The summed E-state index contributed by atoms with van der Waals surface area (Å²) in [4.78, 5) is 1.49. The molecule has 5 nitrogen and oxygen atoms in total. The molecule has 0 radical (unpaired) electrons. The maximum atomic E-state index is 10.7. The summed E-state index contributed by atoms with van der Waals surface area (Å²) in [6, 6.07) is 9.43. The van der Waals surface area contributed by atoms with Crippen molar-refractivity contribution in [2.24, 2.45) is 0 Å². The Morgan fingerprint density at radius 2 is 1.74 bits per heavy atom. The summed E-state index contributed by atoms with van der Waals surface area (Å²) in [6.45, 7) is 8.22. The lowest BCUT2D eigenvalue weighted by Crippen LogP contribution is -2.13. The number of rotatable bonds is 2. The van der Waals surface area contributed by atoms with Gasteiger partial charge in [-0.15, -0.1) is 15.0 Å². The van der Waals surface area contributed by atoms with Gasteiger partial charge in [-0.3, -0.25) is 0 Å². The SMILES string of the molecule is COc1ccc2nn(-c3cc(C)cc(C(C)(C)C)c3O)nc2c1. The van der Waals surface area contributed by atoms with E-state index >= 15 is 0 Å². The van der Waals surface area contributed by atoms with E-state index in [9.17, 15) is 5.11 Å². The average molecular weight is 311 g/mol. The van der Waals surface area contributed by atoms with Gasteiger partial charge in [0.15, 0.2) is 0 Å². The van der Waals surface area contributed by atoms with Crippen LogP contribution in [0.5, 0.6) is 11.5 Å². The topological polar surface area (TPSA) is 60.2 Å². The number of methoxy groups -OCH3 is 1. The van der Waals surface area contributed by atoms with E-state index in [2.05, 4.69) is 31.0 Å². The minimum absolute atomic E-state index is 0.166. The molecule has 0 unspecified atom stereocenters. The first kappa shape index (κ1) is 15.3. The number of nitrogens with zero attached hydrogens (tertiary/aromatic N) is 3. The van der Waals surface area contributed by atoms with Crippen molar-refractivity contribution in [3.63, 3.8) is 0 Å². The Kier molecular flexibility index (Phi) is 3.51. The molecular weight excluding hydrogens is 290 g/mol. The van der Waals surface area contributed by atoms with E-state index in [4.69, 9.17) is 4.74 Å². The van der Waals surface area contributed by atoms with Crippen molar-refractivity contribution in [1.29, 1.82) is 0 Å². The predicted octanol–water partition coefficient (Wildman–Crippen LogP) is 3.74. The first-order valence-corrected chi connectivity index (χ1v) is 7.55. The number of aromatic nitrogens is 3. The number of aryl methyl sites for hydroxylation is 1. The van der Waals surface area contributed by atoms with Gasteiger partial charge in [-0.25, -0.2) is 0 Å². The van der Waals surface area contributed by atoms with Crippen LogP contribution in [-0.2, 0) is 5.41 Å². The van der Waals surface area contributed by atoms with Crippen LogP contribution >= 0.6 is 0 Å². The highest BCUT2D eigenvalue weighted by atomic mass is 16.5. The van der Waals surface area contributed by atoms with E-state index in [1.165, 1.54) is 4.80 Å². The molecule has 0 aliphatic heterocycles. The lowest BCUT2D eigenvalue weighted by atomic mass is 9.85. The van der Waals surface area contributed by atoms with Crippen molar-refractivity contribution in [1.82, 2.24) is 15.0 Å². The molecule has 0 atom stereocenters. The second kappa shape index (κ2) is 5.26. The molecule has 23 heavy (non-hydrogen) atoms. The third kappa shape index (κ3) is 2.74. The lowest BCUT2D eigenvalue weighted by molar-refractivity contribution is 0.415. The molecule has 120 valence electrons. The average Bonchev–Trinajstić information content (AvgIpc) is 2.90. The Morgan fingerprint density at radius 1 is 1.04 bits per heavy atom. The minimum atomic E-state index is -0.166. The lowest BCUT2D eigenvalue weighted by Gasteiger charge is -2.22. The molecule has 0 saturated heterocycles. The van der Waals surface area contributed by atoms with Gasteiger partial charge < -0.3 is 9.84 Å². The van der Waals surface area contributed by atoms with Crippen LogP contribution in [0.3, 0.4) is 0 Å². The molecule has 0 saturated carbocycles. The van der Waals surface area contributed by atoms with Crippen LogP contribution in [0.2, 0.25) is 0 Å². The Labute approximate surface area is 135 Å². The number of hydrogen-bond acceptors (Lipinski definition) is 4. The normalized spacial score (nSPS) is 11.9. The number of phenolic OH excluding ortho intramolecular Hbond substituents is 1. The van der Waals surface area contributed by atoms with Gasteiger partial charge in [0.2, 0.25) is 0 Å². The summed E-state index contributed by atoms with van der Waals surface area (Å²) in [5.41, 5.74) is 3.84. The van der Waals surface area contributed by atoms with Gasteiger partial charge in [-0.2, -0.15) is 0 Å². The molecule has 2 aromatic carbocycles. The summed E-state index contributed by atoms with van der Waals surface area (Å²) in [6.07, 6.45) is 0. The predicted molar refractivity (Wildman–Crippen MR) is 90.5 cm³/mol. The van der Waals surface area contributed by atoms with E-state index in [0.29, 0.717) is 5.69 Å². The van der Waals surface area contributed by atoms with Gasteiger partial charge in [0.05, 0.1) is 7.11 Å². The first-order chi connectivity index (χ1) is 10.8. The number of benzene rings is 2. The molecule has 3 rings (SSSR count). The van der Waals surface area contributed by atoms with E-state index in [1.54, 1.807) is 7.11 Å². The monoisotopic (exact) mass is 311 g/mol. The van der Waals surface area contributed by atoms with Gasteiger partial charge >= 0.3 is 0 Å². The highest BCUT2D eigenvalue weighted by Crippen LogP contribution is 2.36. The van der Waals surface area contributed by atoms with Crippen molar-refractivity contribution in [3.05, 3.63) is 41.5 Å². The zero-order valence-corrected chi connectivity index (χ0v) is 14.1. The van der Waals surface area contributed by atoms with E-state index in [0.717, 1.165) is 27.9 Å². The smallest absolute Gasteiger partial charge is 0.146 e. The Balaban J connectivity index is 2.20. The molecule has 0 amide bonds. The summed E-state index contributed by atoms with van der Waals surface area (Å²) >= 11 is 0. The highest BCUT2D eigenvalue weighted by molar-refractivity contribution is 5.76. The second-order valence-corrected chi connectivity index (χ2v) is 6.77. The fraction of sp³-hybridized carbons (Fsp3) is 0.333. The number of fused-ring (bicyclic) bond motifs is 1. The molecule has 5 heteroatoms. The molecule has 0 aliphatic carbocycles. The zero-order valence-electron chi connectivity index (χ0n) is 14.1. The standard InChI is InChI=1S/C18H21N3O2/c1-11-8-13(18(2,3)4)17(22)16(9-11)21-19-14-7-6-12(23-5)10-15(14)20-21/h6-10,22H,1-5H3. The molecule has 0 spiro atoms. The molecule has 0 bridgehead atoms. The maximum Gasteiger partial charge on any atom is 0.146 e.